The van der Waals surface area contributed by atoms with Crippen LogP contribution in [0.4, 0.5) is 0 Å². The van der Waals surface area contributed by atoms with Crippen molar-refractivity contribution in [2.45, 2.75) is 58.8 Å². The van der Waals surface area contributed by atoms with Gasteiger partial charge in [0.2, 0.25) is 0 Å². The first-order valence-corrected chi connectivity index (χ1v) is 11.0. The predicted molar refractivity (Wildman–Crippen MR) is 123 cm³/mol. The van der Waals surface area contributed by atoms with E-state index in [-0.39, 0.29) is 0 Å². The van der Waals surface area contributed by atoms with Crippen LogP contribution in [0.15, 0.2) is 66.9 Å². The molecule has 0 fully saturated rings. The minimum atomic E-state index is 0.804. The van der Waals surface area contributed by atoms with Crippen LogP contribution in [0, 0.1) is 0 Å². The monoisotopic (exact) mass is 387 g/mol. The zero-order chi connectivity index (χ0) is 20.3. The van der Waals surface area contributed by atoms with Crippen molar-refractivity contribution in [3.8, 4) is 16.9 Å². The van der Waals surface area contributed by atoms with Gasteiger partial charge in [0, 0.05) is 11.9 Å². The van der Waals surface area contributed by atoms with E-state index in [2.05, 4.69) is 79.5 Å². The van der Waals surface area contributed by atoms with E-state index in [1.54, 1.807) is 0 Å². The van der Waals surface area contributed by atoms with Gasteiger partial charge in [0.05, 0.1) is 6.61 Å². The average molecular weight is 388 g/mol. The molecule has 0 atom stereocenters. The van der Waals surface area contributed by atoms with Crippen LogP contribution in [0.1, 0.15) is 56.4 Å². The maximum absolute atomic E-state index is 5.81. The number of aryl methyl sites for hydroxylation is 3. The Morgan fingerprint density at radius 3 is 1.97 bits per heavy atom. The third kappa shape index (κ3) is 6.74. The van der Waals surface area contributed by atoms with E-state index in [0.29, 0.717) is 0 Å². The summed E-state index contributed by atoms with van der Waals surface area (Å²) in [6, 6.07) is 21.7. The second-order valence-corrected chi connectivity index (χ2v) is 7.68. The van der Waals surface area contributed by atoms with Crippen molar-refractivity contribution in [1.82, 2.24) is 4.98 Å². The Labute approximate surface area is 176 Å². The molecule has 3 aromatic rings. The van der Waals surface area contributed by atoms with Crippen molar-refractivity contribution in [1.29, 1.82) is 0 Å². The number of rotatable bonds is 11. The van der Waals surface area contributed by atoms with Gasteiger partial charge in [-0.2, -0.15) is 0 Å². The first-order chi connectivity index (χ1) is 14.3. The predicted octanol–water partition coefficient (Wildman–Crippen LogP) is 7.06. The van der Waals surface area contributed by atoms with Crippen LogP contribution in [0.5, 0.6) is 5.75 Å². The van der Waals surface area contributed by atoms with Crippen LogP contribution in [0.2, 0.25) is 0 Å². The van der Waals surface area contributed by atoms with E-state index < -0.39 is 0 Å². The van der Waals surface area contributed by atoms with Crippen molar-refractivity contribution < 1.29 is 4.74 Å². The lowest BCUT2D eigenvalue weighted by Gasteiger charge is -2.08. The molecule has 0 spiro atoms. The van der Waals surface area contributed by atoms with Gasteiger partial charge in [-0.05, 0) is 66.1 Å². The zero-order valence-corrected chi connectivity index (χ0v) is 17.9. The van der Waals surface area contributed by atoms with E-state index in [0.717, 1.165) is 38.0 Å². The highest BCUT2D eigenvalue weighted by atomic mass is 16.5. The van der Waals surface area contributed by atoms with E-state index >= 15 is 0 Å². The fourth-order valence-electron chi connectivity index (χ4n) is 3.46. The summed E-state index contributed by atoms with van der Waals surface area (Å²) < 4.78 is 5.81. The molecule has 0 radical (unpaired) electrons. The highest BCUT2D eigenvalue weighted by Gasteiger charge is 2.02. The first-order valence-electron chi connectivity index (χ1n) is 11.0. The Bertz CT molecular complexity index is 835. The number of unbranched alkanes of at least 4 members (excludes halogenated alkanes) is 2. The Morgan fingerprint density at radius 2 is 1.34 bits per heavy atom. The molecular formula is C27H33NO. The maximum atomic E-state index is 5.81. The molecule has 0 saturated heterocycles. The maximum Gasteiger partial charge on any atom is 0.119 e. The molecule has 0 aliphatic heterocycles. The van der Waals surface area contributed by atoms with Gasteiger partial charge in [0.25, 0.3) is 0 Å². The smallest absolute Gasteiger partial charge is 0.119 e. The molecule has 29 heavy (non-hydrogen) atoms. The summed E-state index contributed by atoms with van der Waals surface area (Å²) >= 11 is 0. The molecule has 0 aliphatic carbocycles. The summed E-state index contributed by atoms with van der Waals surface area (Å²) in [4.78, 5) is 4.61. The van der Waals surface area contributed by atoms with Gasteiger partial charge < -0.3 is 4.74 Å². The Kier molecular flexibility index (Phi) is 8.30. The number of hydrogen-bond donors (Lipinski definition) is 0. The summed E-state index contributed by atoms with van der Waals surface area (Å²) in [5, 5.41) is 0. The SMILES string of the molecule is CCCCCOc1ccc(-c2ccc(CCc3ccc(CCC)cn3)cc2)cc1. The van der Waals surface area contributed by atoms with Gasteiger partial charge in [0.1, 0.15) is 5.75 Å². The lowest BCUT2D eigenvalue weighted by molar-refractivity contribution is 0.306. The molecule has 1 heterocycles. The molecule has 3 rings (SSSR count). The fourth-order valence-corrected chi connectivity index (χ4v) is 3.46. The Hall–Kier alpha value is -2.61. The number of hydrogen-bond acceptors (Lipinski definition) is 2. The molecule has 2 heteroatoms. The highest BCUT2D eigenvalue weighted by molar-refractivity contribution is 5.64. The molecule has 0 saturated carbocycles. The molecule has 0 bridgehead atoms. The van der Waals surface area contributed by atoms with E-state index in [1.807, 2.05) is 6.20 Å². The fraction of sp³-hybridized carbons (Fsp3) is 0.370. The molecule has 0 N–H and O–H groups in total. The highest BCUT2D eigenvalue weighted by Crippen LogP contribution is 2.23. The molecule has 0 unspecified atom stereocenters. The van der Waals surface area contributed by atoms with E-state index in [9.17, 15) is 0 Å². The first kappa shape index (κ1) is 21.1. The second kappa shape index (κ2) is 11.4. The van der Waals surface area contributed by atoms with Gasteiger partial charge in [-0.15, -0.1) is 0 Å². The van der Waals surface area contributed by atoms with Crippen molar-refractivity contribution in [2.24, 2.45) is 0 Å². The van der Waals surface area contributed by atoms with E-state index in [4.69, 9.17) is 4.74 Å². The largest absolute Gasteiger partial charge is 0.494 e. The van der Waals surface area contributed by atoms with Crippen molar-refractivity contribution in [3.63, 3.8) is 0 Å². The molecule has 1 aromatic heterocycles. The van der Waals surface area contributed by atoms with Gasteiger partial charge in [0.15, 0.2) is 0 Å². The number of ether oxygens (including phenoxy) is 1. The zero-order valence-electron chi connectivity index (χ0n) is 17.9. The summed E-state index contributed by atoms with van der Waals surface area (Å²) in [5.41, 5.74) is 6.32. The lowest BCUT2D eigenvalue weighted by atomic mass is 10.0. The van der Waals surface area contributed by atoms with Gasteiger partial charge >= 0.3 is 0 Å². The normalized spacial score (nSPS) is 10.8. The molecule has 2 aromatic carbocycles. The summed E-state index contributed by atoms with van der Waals surface area (Å²) in [5.74, 6) is 0.957. The standard InChI is InChI=1S/C27H33NO/c1-3-5-6-20-29-27-18-14-25(15-19-27)24-12-8-22(9-13-24)10-16-26-17-11-23(7-4-2)21-28-26/h8-9,11-15,17-19,21H,3-7,10,16,20H2,1-2H3. The summed E-state index contributed by atoms with van der Waals surface area (Å²) in [7, 11) is 0. The van der Waals surface area contributed by atoms with Gasteiger partial charge in [-0.3, -0.25) is 4.98 Å². The number of benzene rings is 2. The number of nitrogens with zero attached hydrogens (tertiary/aromatic N) is 1. The Morgan fingerprint density at radius 1 is 0.655 bits per heavy atom. The molecular weight excluding hydrogens is 354 g/mol. The number of aromatic nitrogens is 1. The Balaban J connectivity index is 1.51. The quantitative estimate of drug-likeness (QED) is 0.329. The van der Waals surface area contributed by atoms with Crippen molar-refractivity contribution in [2.75, 3.05) is 6.61 Å². The second-order valence-electron chi connectivity index (χ2n) is 7.68. The summed E-state index contributed by atoms with van der Waals surface area (Å²) in [6.45, 7) is 5.22. The molecule has 2 nitrogen and oxygen atoms in total. The average Bonchev–Trinajstić information content (AvgIpc) is 2.77. The minimum Gasteiger partial charge on any atom is -0.494 e. The third-order valence-electron chi connectivity index (χ3n) is 5.25. The van der Waals surface area contributed by atoms with Crippen LogP contribution in [-0.2, 0) is 19.3 Å². The molecule has 0 amide bonds. The molecule has 152 valence electrons. The lowest BCUT2D eigenvalue weighted by Crippen LogP contribution is -1.96. The van der Waals surface area contributed by atoms with Crippen molar-refractivity contribution >= 4 is 0 Å². The summed E-state index contributed by atoms with van der Waals surface area (Å²) in [6.07, 6.45) is 9.88. The van der Waals surface area contributed by atoms with Crippen LogP contribution in [-0.4, -0.2) is 11.6 Å². The third-order valence-corrected chi connectivity index (χ3v) is 5.25. The van der Waals surface area contributed by atoms with Gasteiger partial charge in [-0.25, -0.2) is 0 Å². The van der Waals surface area contributed by atoms with Crippen LogP contribution < -0.4 is 4.74 Å². The van der Waals surface area contributed by atoms with Crippen LogP contribution in [0.3, 0.4) is 0 Å². The molecule has 0 aliphatic rings. The van der Waals surface area contributed by atoms with Crippen LogP contribution in [0.25, 0.3) is 11.1 Å². The topological polar surface area (TPSA) is 22.1 Å². The van der Waals surface area contributed by atoms with Crippen molar-refractivity contribution in [3.05, 3.63) is 83.7 Å². The van der Waals surface area contributed by atoms with Gasteiger partial charge in [-0.1, -0.05) is 75.6 Å². The van der Waals surface area contributed by atoms with E-state index in [1.165, 1.54) is 47.2 Å². The minimum absolute atomic E-state index is 0.804. The number of pyridine rings is 1. The van der Waals surface area contributed by atoms with Crippen LogP contribution >= 0.6 is 0 Å².